The van der Waals surface area contributed by atoms with E-state index in [1.54, 1.807) is 35.5 Å². The molecular formula is C22H28O7. The van der Waals surface area contributed by atoms with Gasteiger partial charge in [-0.3, -0.25) is 0 Å². The van der Waals surface area contributed by atoms with Crippen molar-refractivity contribution in [3.63, 3.8) is 0 Å². The fraction of sp³-hybridized carbons (Fsp3) is 0.455. The van der Waals surface area contributed by atoms with Crippen molar-refractivity contribution in [2.45, 2.75) is 25.0 Å². The number of ether oxygens (including phenoxy) is 7. The molecule has 0 aromatic heterocycles. The first-order valence-corrected chi connectivity index (χ1v) is 9.38. The molecule has 0 amide bonds. The third kappa shape index (κ3) is 4.52. The smallest absolute Gasteiger partial charge is 0.231 e. The molecule has 1 aliphatic rings. The lowest BCUT2D eigenvalue weighted by Gasteiger charge is -2.23. The molecule has 1 heterocycles. The fourth-order valence-corrected chi connectivity index (χ4v) is 3.53. The van der Waals surface area contributed by atoms with Crippen LogP contribution in [-0.2, 0) is 15.9 Å². The summed E-state index contributed by atoms with van der Waals surface area (Å²) in [4.78, 5) is 0. The molecule has 0 aliphatic carbocycles. The third-order valence-electron chi connectivity index (χ3n) is 5.09. The van der Waals surface area contributed by atoms with Gasteiger partial charge < -0.3 is 33.2 Å². The number of methoxy groups -OCH3 is 5. The number of fused-ring (bicyclic) bond motifs is 1. The van der Waals surface area contributed by atoms with E-state index in [1.807, 2.05) is 30.3 Å². The summed E-state index contributed by atoms with van der Waals surface area (Å²) in [6.45, 7) is 0.141. The van der Waals surface area contributed by atoms with E-state index in [4.69, 9.17) is 33.2 Å². The molecule has 7 nitrogen and oxygen atoms in total. The van der Waals surface area contributed by atoms with Gasteiger partial charge in [0.2, 0.25) is 18.3 Å². The summed E-state index contributed by atoms with van der Waals surface area (Å²) in [5.74, 6) is 3.19. The van der Waals surface area contributed by atoms with Crippen LogP contribution in [0.3, 0.4) is 0 Å². The van der Waals surface area contributed by atoms with Gasteiger partial charge in [-0.15, -0.1) is 0 Å². The molecule has 29 heavy (non-hydrogen) atoms. The van der Waals surface area contributed by atoms with Gasteiger partial charge in [0, 0.05) is 32.6 Å². The first-order chi connectivity index (χ1) is 14.1. The van der Waals surface area contributed by atoms with E-state index in [1.165, 1.54) is 0 Å². The molecule has 0 saturated carbocycles. The quantitative estimate of drug-likeness (QED) is 0.597. The van der Waals surface area contributed by atoms with Crippen molar-refractivity contribution in [1.82, 2.24) is 0 Å². The van der Waals surface area contributed by atoms with Gasteiger partial charge in [-0.05, 0) is 23.8 Å². The molecule has 158 valence electrons. The van der Waals surface area contributed by atoms with Crippen LogP contribution in [0.5, 0.6) is 28.7 Å². The van der Waals surface area contributed by atoms with Crippen molar-refractivity contribution in [3.8, 4) is 28.7 Å². The Morgan fingerprint density at radius 2 is 1.59 bits per heavy atom. The second-order valence-corrected chi connectivity index (χ2v) is 6.63. The highest BCUT2D eigenvalue weighted by Gasteiger charge is 2.29. The summed E-state index contributed by atoms with van der Waals surface area (Å²) in [6.07, 6.45) is 1.04. The number of benzene rings is 2. The Kier molecular flexibility index (Phi) is 7.06. The Morgan fingerprint density at radius 1 is 0.862 bits per heavy atom. The van der Waals surface area contributed by atoms with Crippen LogP contribution in [0, 0.1) is 0 Å². The largest absolute Gasteiger partial charge is 0.497 e. The van der Waals surface area contributed by atoms with Crippen LogP contribution in [0.4, 0.5) is 0 Å². The molecule has 2 unspecified atom stereocenters. The lowest BCUT2D eigenvalue weighted by Crippen LogP contribution is -2.19. The number of rotatable bonds is 10. The van der Waals surface area contributed by atoms with Crippen LogP contribution in [-0.4, -0.2) is 48.4 Å². The average molecular weight is 404 g/mol. The van der Waals surface area contributed by atoms with Crippen molar-refractivity contribution in [1.29, 1.82) is 0 Å². The highest BCUT2D eigenvalue weighted by atomic mass is 16.7. The molecule has 0 radical (unpaired) electrons. The predicted molar refractivity (Wildman–Crippen MR) is 108 cm³/mol. The maximum atomic E-state index is 5.77. The van der Waals surface area contributed by atoms with Crippen LogP contribution >= 0.6 is 0 Å². The summed E-state index contributed by atoms with van der Waals surface area (Å²) in [5.41, 5.74) is 1.98. The van der Waals surface area contributed by atoms with Crippen molar-refractivity contribution < 1.29 is 33.2 Å². The number of hydrogen-bond donors (Lipinski definition) is 0. The van der Waals surface area contributed by atoms with Crippen LogP contribution in [0.2, 0.25) is 0 Å². The molecule has 2 atom stereocenters. The zero-order valence-corrected chi connectivity index (χ0v) is 17.5. The monoisotopic (exact) mass is 404 g/mol. The summed E-state index contributed by atoms with van der Waals surface area (Å²) >= 11 is 0. The molecule has 2 aromatic carbocycles. The van der Waals surface area contributed by atoms with Crippen LogP contribution < -0.4 is 23.7 Å². The standard InChI is InChI=1S/C22H28O7/c1-23-16-8-6-14(7-9-16)18(25-3)12-17(24-2)10-15-11-19(26-4)21-22(20(15)27-5)29-13-28-21/h6-9,11,17-18H,10,12-13H2,1-5H3. The number of hydrogen-bond acceptors (Lipinski definition) is 7. The molecule has 0 N–H and O–H groups in total. The van der Waals surface area contributed by atoms with Crippen LogP contribution in [0.25, 0.3) is 0 Å². The molecule has 7 heteroatoms. The first-order valence-electron chi connectivity index (χ1n) is 9.38. The van der Waals surface area contributed by atoms with E-state index in [0.29, 0.717) is 35.8 Å². The van der Waals surface area contributed by atoms with Crippen LogP contribution in [0.15, 0.2) is 30.3 Å². The van der Waals surface area contributed by atoms with Gasteiger partial charge in [0.25, 0.3) is 0 Å². The van der Waals surface area contributed by atoms with E-state index in [9.17, 15) is 0 Å². The normalized spacial score (nSPS) is 14.4. The Labute approximate surface area is 171 Å². The Hall–Kier alpha value is -2.64. The van der Waals surface area contributed by atoms with Crippen molar-refractivity contribution >= 4 is 0 Å². The van der Waals surface area contributed by atoms with Gasteiger partial charge in [-0.1, -0.05) is 12.1 Å². The summed E-state index contributed by atoms with van der Waals surface area (Å²) in [5, 5.41) is 0. The summed E-state index contributed by atoms with van der Waals surface area (Å²) in [6, 6.07) is 9.77. The minimum atomic E-state index is -0.118. The molecule has 2 aromatic rings. The maximum Gasteiger partial charge on any atom is 0.231 e. The zero-order valence-electron chi connectivity index (χ0n) is 17.5. The van der Waals surface area contributed by atoms with E-state index >= 15 is 0 Å². The van der Waals surface area contributed by atoms with Crippen molar-refractivity contribution in [3.05, 3.63) is 41.5 Å². The lowest BCUT2D eigenvalue weighted by molar-refractivity contribution is 0.0217. The molecule has 1 aliphatic heterocycles. The fourth-order valence-electron chi connectivity index (χ4n) is 3.53. The summed E-state index contributed by atoms with van der Waals surface area (Å²) in [7, 11) is 8.26. The van der Waals surface area contributed by atoms with E-state index in [0.717, 1.165) is 16.9 Å². The molecule has 0 saturated heterocycles. The van der Waals surface area contributed by atoms with Gasteiger partial charge in [-0.2, -0.15) is 0 Å². The van der Waals surface area contributed by atoms with Crippen molar-refractivity contribution in [2.24, 2.45) is 0 Å². The van der Waals surface area contributed by atoms with Gasteiger partial charge >= 0.3 is 0 Å². The summed E-state index contributed by atoms with van der Waals surface area (Å²) < 4.78 is 38.9. The van der Waals surface area contributed by atoms with E-state index in [-0.39, 0.29) is 19.0 Å². The zero-order chi connectivity index (χ0) is 20.8. The molecular weight excluding hydrogens is 376 g/mol. The molecule has 0 fully saturated rings. The van der Waals surface area contributed by atoms with E-state index < -0.39 is 0 Å². The lowest BCUT2D eigenvalue weighted by atomic mass is 9.97. The van der Waals surface area contributed by atoms with Gasteiger partial charge in [0.05, 0.1) is 33.5 Å². The average Bonchev–Trinajstić information content (AvgIpc) is 3.25. The topological polar surface area (TPSA) is 64.6 Å². The Balaban J connectivity index is 1.81. The maximum absolute atomic E-state index is 5.77. The third-order valence-corrected chi connectivity index (χ3v) is 5.09. The SMILES string of the molecule is COc1ccc(C(CC(Cc2cc(OC)c3c(c2OC)OCO3)OC)OC)cc1. The second-order valence-electron chi connectivity index (χ2n) is 6.63. The predicted octanol–water partition coefficient (Wildman–Crippen LogP) is 3.78. The van der Waals surface area contributed by atoms with Gasteiger partial charge in [-0.25, -0.2) is 0 Å². The van der Waals surface area contributed by atoms with Gasteiger partial charge in [0.15, 0.2) is 11.5 Å². The Morgan fingerprint density at radius 3 is 2.17 bits per heavy atom. The van der Waals surface area contributed by atoms with Crippen LogP contribution in [0.1, 0.15) is 23.7 Å². The van der Waals surface area contributed by atoms with Crippen molar-refractivity contribution in [2.75, 3.05) is 42.3 Å². The minimum absolute atomic E-state index is 0.110. The highest BCUT2D eigenvalue weighted by molar-refractivity contribution is 5.64. The molecule has 0 spiro atoms. The molecule has 3 rings (SSSR count). The van der Waals surface area contributed by atoms with E-state index in [2.05, 4.69) is 0 Å². The molecule has 0 bridgehead atoms. The second kappa shape index (κ2) is 9.71. The first kappa shape index (κ1) is 21.1. The highest BCUT2D eigenvalue weighted by Crippen LogP contribution is 2.50. The van der Waals surface area contributed by atoms with Gasteiger partial charge in [0.1, 0.15) is 5.75 Å². The minimum Gasteiger partial charge on any atom is -0.497 e. The Bertz CT molecular complexity index is 804.